The minimum atomic E-state index is 0. The van der Waals surface area contributed by atoms with Crippen molar-refractivity contribution in [2.75, 3.05) is 0 Å². The van der Waals surface area contributed by atoms with Crippen molar-refractivity contribution < 1.29 is 9.47 Å². The summed E-state index contributed by atoms with van der Waals surface area (Å²) in [6.45, 7) is 0. The SMILES string of the molecule is C1=COC=CO1.[Ca]. The van der Waals surface area contributed by atoms with Crippen LogP contribution in [0.4, 0.5) is 0 Å². The molecule has 7 heavy (non-hydrogen) atoms. The molecule has 0 aromatic carbocycles. The molecular formula is C4H4CaO2. The molecule has 0 bridgehead atoms. The van der Waals surface area contributed by atoms with Crippen LogP contribution in [0, 0.1) is 0 Å². The van der Waals surface area contributed by atoms with E-state index in [1.165, 1.54) is 25.0 Å². The van der Waals surface area contributed by atoms with Crippen LogP contribution >= 0.6 is 0 Å². The molecule has 2 radical (unpaired) electrons. The van der Waals surface area contributed by atoms with Crippen molar-refractivity contribution in [2.24, 2.45) is 0 Å². The van der Waals surface area contributed by atoms with Gasteiger partial charge in [0, 0.05) is 37.7 Å². The van der Waals surface area contributed by atoms with E-state index in [0.29, 0.717) is 0 Å². The van der Waals surface area contributed by atoms with Gasteiger partial charge in [-0.3, -0.25) is 0 Å². The number of hydrogen-bond acceptors (Lipinski definition) is 2. The van der Waals surface area contributed by atoms with Crippen LogP contribution in [-0.2, 0) is 9.47 Å². The predicted molar refractivity (Wildman–Crippen MR) is 26.2 cm³/mol. The Morgan fingerprint density at radius 1 is 0.714 bits per heavy atom. The molecular weight excluding hydrogens is 120 g/mol. The second-order valence-corrected chi connectivity index (χ2v) is 0.816. The van der Waals surface area contributed by atoms with Crippen LogP contribution in [-0.4, -0.2) is 37.7 Å². The molecule has 2 nitrogen and oxygen atoms in total. The molecule has 0 spiro atoms. The third kappa shape index (κ3) is 2.97. The first-order valence-electron chi connectivity index (χ1n) is 1.61. The molecule has 1 heterocycles. The first kappa shape index (κ1) is 7.34. The van der Waals surface area contributed by atoms with Crippen LogP contribution in [0.1, 0.15) is 0 Å². The molecule has 1 rings (SSSR count). The summed E-state index contributed by atoms with van der Waals surface area (Å²) in [6, 6.07) is 0. The van der Waals surface area contributed by atoms with Gasteiger partial charge in [0.2, 0.25) is 0 Å². The standard InChI is InChI=1S/C4H4O2.Ca/c1-2-6-4-3-5-1;/h1-4H;. The summed E-state index contributed by atoms with van der Waals surface area (Å²) in [4.78, 5) is 0. The van der Waals surface area contributed by atoms with E-state index < -0.39 is 0 Å². The van der Waals surface area contributed by atoms with Gasteiger partial charge in [-0.15, -0.1) is 0 Å². The molecule has 0 unspecified atom stereocenters. The van der Waals surface area contributed by atoms with E-state index in [-0.39, 0.29) is 37.7 Å². The molecule has 0 aliphatic carbocycles. The fraction of sp³-hybridized carbons (Fsp3) is 0. The third-order valence-corrected chi connectivity index (χ3v) is 0.425. The fourth-order valence-electron chi connectivity index (χ4n) is 0.219. The summed E-state index contributed by atoms with van der Waals surface area (Å²) < 4.78 is 9.17. The van der Waals surface area contributed by atoms with Gasteiger partial charge >= 0.3 is 0 Å². The van der Waals surface area contributed by atoms with Crippen LogP contribution in [0.25, 0.3) is 0 Å². The van der Waals surface area contributed by atoms with E-state index in [4.69, 9.17) is 0 Å². The second-order valence-electron chi connectivity index (χ2n) is 0.816. The Hall–Kier alpha value is 0.340. The second kappa shape index (κ2) is 4.50. The maximum absolute atomic E-state index is 4.58. The maximum atomic E-state index is 4.58. The van der Waals surface area contributed by atoms with E-state index in [1.807, 2.05) is 0 Å². The largest absolute Gasteiger partial charge is 0.466 e. The molecule has 0 aromatic rings. The molecule has 0 aromatic heterocycles. The van der Waals surface area contributed by atoms with Crippen molar-refractivity contribution >= 4 is 37.7 Å². The average Bonchev–Trinajstić information content (AvgIpc) is 1.72. The molecule has 0 saturated carbocycles. The Labute approximate surface area is 71.8 Å². The van der Waals surface area contributed by atoms with Gasteiger partial charge in [0.05, 0.1) is 0 Å². The summed E-state index contributed by atoms with van der Waals surface area (Å²) in [7, 11) is 0. The number of ether oxygens (including phenoxy) is 2. The quantitative estimate of drug-likeness (QED) is 0.440. The van der Waals surface area contributed by atoms with E-state index in [0.717, 1.165) is 0 Å². The Kier molecular flexibility index (Phi) is 4.72. The average molecular weight is 124 g/mol. The van der Waals surface area contributed by atoms with Gasteiger partial charge in [0.15, 0.2) is 0 Å². The normalized spacial score (nSPS) is 13.7. The van der Waals surface area contributed by atoms with Crippen LogP contribution in [0.3, 0.4) is 0 Å². The number of hydrogen-bond donors (Lipinski definition) is 0. The molecule has 34 valence electrons. The zero-order valence-corrected chi connectivity index (χ0v) is 6.04. The third-order valence-electron chi connectivity index (χ3n) is 0.425. The van der Waals surface area contributed by atoms with Crippen molar-refractivity contribution in [3.8, 4) is 0 Å². The fourth-order valence-corrected chi connectivity index (χ4v) is 0.219. The van der Waals surface area contributed by atoms with E-state index >= 15 is 0 Å². The van der Waals surface area contributed by atoms with Gasteiger partial charge in [0.1, 0.15) is 25.0 Å². The molecule has 0 atom stereocenters. The molecule has 0 amide bonds. The van der Waals surface area contributed by atoms with Gasteiger partial charge in [0.25, 0.3) is 0 Å². The first-order chi connectivity index (χ1) is 3.00. The molecule has 0 saturated heterocycles. The van der Waals surface area contributed by atoms with Gasteiger partial charge in [-0.05, 0) is 0 Å². The van der Waals surface area contributed by atoms with Crippen LogP contribution < -0.4 is 0 Å². The summed E-state index contributed by atoms with van der Waals surface area (Å²) in [6.07, 6.45) is 5.83. The van der Waals surface area contributed by atoms with Gasteiger partial charge in [-0.2, -0.15) is 0 Å². The zero-order valence-electron chi connectivity index (χ0n) is 3.83. The summed E-state index contributed by atoms with van der Waals surface area (Å²) in [5.41, 5.74) is 0. The Morgan fingerprint density at radius 3 is 1.14 bits per heavy atom. The summed E-state index contributed by atoms with van der Waals surface area (Å²) in [5.74, 6) is 0. The summed E-state index contributed by atoms with van der Waals surface area (Å²) >= 11 is 0. The van der Waals surface area contributed by atoms with Crippen LogP contribution in [0.15, 0.2) is 25.0 Å². The Balaban J connectivity index is 0.000000360. The Morgan fingerprint density at radius 2 is 1.00 bits per heavy atom. The van der Waals surface area contributed by atoms with Gasteiger partial charge < -0.3 is 9.47 Å². The van der Waals surface area contributed by atoms with Crippen molar-refractivity contribution in [1.29, 1.82) is 0 Å². The first-order valence-corrected chi connectivity index (χ1v) is 1.61. The van der Waals surface area contributed by atoms with Gasteiger partial charge in [-0.25, -0.2) is 0 Å². The minimum absolute atomic E-state index is 0. The summed E-state index contributed by atoms with van der Waals surface area (Å²) in [5, 5.41) is 0. The van der Waals surface area contributed by atoms with E-state index in [1.54, 1.807) is 0 Å². The van der Waals surface area contributed by atoms with E-state index in [9.17, 15) is 0 Å². The van der Waals surface area contributed by atoms with E-state index in [2.05, 4.69) is 9.47 Å². The van der Waals surface area contributed by atoms with Crippen molar-refractivity contribution in [3.63, 3.8) is 0 Å². The monoisotopic (exact) mass is 124 g/mol. The Bertz CT molecular complexity index is 67.7. The smallest absolute Gasteiger partial charge is 0.125 e. The number of rotatable bonds is 0. The van der Waals surface area contributed by atoms with Crippen molar-refractivity contribution in [3.05, 3.63) is 25.0 Å². The molecule has 1 aliphatic heterocycles. The zero-order chi connectivity index (χ0) is 4.24. The maximum Gasteiger partial charge on any atom is 0.125 e. The minimum Gasteiger partial charge on any atom is -0.466 e. The molecule has 1 aliphatic rings. The van der Waals surface area contributed by atoms with Crippen LogP contribution in [0.2, 0.25) is 0 Å². The molecule has 3 heteroatoms. The van der Waals surface area contributed by atoms with Crippen molar-refractivity contribution in [2.45, 2.75) is 0 Å². The van der Waals surface area contributed by atoms with Crippen LogP contribution in [0.5, 0.6) is 0 Å². The topological polar surface area (TPSA) is 18.5 Å². The molecule has 0 N–H and O–H groups in total. The predicted octanol–water partition coefficient (Wildman–Crippen LogP) is 0.595. The van der Waals surface area contributed by atoms with Gasteiger partial charge in [-0.1, -0.05) is 0 Å². The van der Waals surface area contributed by atoms with Crippen molar-refractivity contribution in [1.82, 2.24) is 0 Å². The molecule has 0 fully saturated rings.